The molecular weight excluding hydrogens is 247 g/mol. The van der Waals surface area contributed by atoms with Gasteiger partial charge in [-0.15, -0.1) is 0 Å². The molecule has 4 nitrogen and oxygen atoms in total. The van der Waals surface area contributed by atoms with Gasteiger partial charge in [-0.1, -0.05) is 11.3 Å². The number of hydrogen-bond donors (Lipinski definition) is 0. The lowest BCUT2D eigenvalue weighted by Crippen LogP contribution is -2.28. The highest BCUT2D eigenvalue weighted by molar-refractivity contribution is 7.14. The molecule has 10 heteroatoms. The van der Waals surface area contributed by atoms with Crippen molar-refractivity contribution < 1.29 is 21.8 Å². The van der Waals surface area contributed by atoms with Crippen LogP contribution in [0.1, 0.15) is 11.8 Å². The van der Waals surface area contributed by atoms with E-state index in [-0.39, 0.29) is 0 Å². The highest BCUT2D eigenvalue weighted by Gasteiger charge is 2.20. The predicted octanol–water partition coefficient (Wildman–Crippen LogP) is 3.61. The average molecular weight is 256 g/mol. The molecule has 1 aromatic heterocycles. The molecule has 0 unspecified atom stereocenters. The lowest BCUT2D eigenvalue weighted by Gasteiger charge is -1.94. The van der Waals surface area contributed by atoms with Crippen LogP contribution in [0.5, 0.6) is 0 Å². The van der Waals surface area contributed by atoms with E-state index in [0.29, 0.717) is 0 Å². The molecule has 0 fully saturated rings. The number of azide groups is 1. The summed E-state index contributed by atoms with van der Waals surface area (Å²) in [6, 6.07) is 0. The van der Waals surface area contributed by atoms with Gasteiger partial charge in [0.2, 0.25) is 5.13 Å². The number of halogens is 4. The second kappa shape index (κ2) is 6.34. The third-order valence-corrected chi connectivity index (χ3v) is 2.23. The van der Waals surface area contributed by atoms with Crippen molar-refractivity contribution in [3.05, 3.63) is 21.5 Å². The van der Waals surface area contributed by atoms with E-state index < -0.39 is 7.25 Å². The average Bonchev–Trinajstić information content (AvgIpc) is 2.44. The fourth-order valence-electron chi connectivity index (χ4n) is 0.846. The predicted molar refractivity (Wildman–Crippen MR) is 53.9 cm³/mol. The van der Waals surface area contributed by atoms with Crippen LogP contribution >= 0.6 is 11.3 Å². The van der Waals surface area contributed by atoms with Gasteiger partial charge < -0.3 is 17.3 Å². The van der Waals surface area contributed by atoms with Gasteiger partial charge in [-0.25, -0.2) is 0 Å². The van der Waals surface area contributed by atoms with Crippen LogP contribution in [-0.4, -0.2) is 7.25 Å². The molecule has 0 radical (unpaired) electrons. The Kier molecular flexibility index (Phi) is 5.83. The fourth-order valence-corrected chi connectivity index (χ4v) is 1.69. The minimum Gasteiger partial charge on any atom is -0.418 e. The van der Waals surface area contributed by atoms with Crippen LogP contribution in [0.3, 0.4) is 0 Å². The summed E-state index contributed by atoms with van der Waals surface area (Å²) in [6.07, 6.45) is 1.98. The standard InChI is InChI=1S/C6H9N4S.BF4/c1-3-10-4-5(2)11-6(10)8-9-7;2-1(3,4)5/h4H,3H2,1-2H3;/q+1;-1. The van der Waals surface area contributed by atoms with E-state index >= 15 is 0 Å². The maximum Gasteiger partial charge on any atom is 0.673 e. The van der Waals surface area contributed by atoms with Gasteiger partial charge in [0.15, 0.2) is 0 Å². The van der Waals surface area contributed by atoms with Gasteiger partial charge in [-0.3, -0.25) is 4.57 Å². The van der Waals surface area contributed by atoms with Gasteiger partial charge in [0.25, 0.3) is 0 Å². The third kappa shape index (κ3) is 7.07. The van der Waals surface area contributed by atoms with Crippen molar-refractivity contribution in [2.24, 2.45) is 5.11 Å². The van der Waals surface area contributed by atoms with E-state index in [1.165, 1.54) is 11.3 Å². The molecule has 0 N–H and O–H groups in total. The molecule has 0 amide bonds. The van der Waals surface area contributed by atoms with E-state index in [0.717, 1.165) is 16.6 Å². The maximum absolute atomic E-state index is 9.75. The summed E-state index contributed by atoms with van der Waals surface area (Å²) in [6.45, 7) is 4.86. The summed E-state index contributed by atoms with van der Waals surface area (Å²) in [4.78, 5) is 3.90. The Balaban J connectivity index is 0.000000385. The summed E-state index contributed by atoms with van der Waals surface area (Å²) >= 11 is 1.51. The van der Waals surface area contributed by atoms with Crippen LogP contribution in [0.15, 0.2) is 11.3 Å². The number of thiazole rings is 1. The zero-order valence-electron chi connectivity index (χ0n) is 8.57. The summed E-state index contributed by atoms with van der Waals surface area (Å²) in [5.41, 5.74) is 8.20. The van der Waals surface area contributed by atoms with Crippen molar-refractivity contribution in [3.63, 3.8) is 0 Å². The Morgan fingerprint density at radius 2 is 2.00 bits per heavy atom. The van der Waals surface area contributed by atoms with Gasteiger partial charge in [0.1, 0.15) is 6.20 Å². The van der Waals surface area contributed by atoms with Crippen LogP contribution in [0.4, 0.5) is 22.4 Å². The number of rotatable bonds is 2. The molecule has 0 bridgehead atoms. The summed E-state index contributed by atoms with van der Waals surface area (Å²) in [7, 11) is -6.00. The molecule has 16 heavy (non-hydrogen) atoms. The molecule has 0 atom stereocenters. The molecule has 0 saturated carbocycles. The van der Waals surface area contributed by atoms with Gasteiger partial charge >= 0.3 is 7.25 Å². The molecule has 0 aliphatic heterocycles. The number of hydrogen-bond acceptors (Lipinski definition) is 2. The molecule has 1 heterocycles. The zero-order chi connectivity index (χ0) is 12.8. The zero-order valence-corrected chi connectivity index (χ0v) is 9.39. The Morgan fingerprint density at radius 1 is 1.50 bits per heavy atom. The third-order valence-electron chi connectivity index (χ3n) is 1.31. The second-order valence-electron chi connectivity index (χ2n) is 2.59. The maximum atomic E-state index is 9.75. The first-order valence-corrected chi connectivity index (χ1v) is 5.02. The van der Waals surface area contributed by atoms with Crippen molar-refractivity contribution in [1.29, 1.82) is 0 Å². The first-order chi connectivity index (χ1) is 7.27. The molecule has 90 valence electrons. The Hall–Kier alpha value is -1.28. The SMILES string of the molecule is CC[n+]1cc(C)sc1N=[N+]=[N-].F[B-](F)(F)F. The highest BCUT2D eigenvalue weighted by Crippen LogP contribution is 2.17. The van der Waals surface area contributed by atoms with Gasteiger partial charge in [-0.2, -0.15) is 0 Å². The summed E-state index contributed by atoms with van der Waals surface area (Å²) < 4.78 is 40.9. The van der Waals surface area contributed by atoms with Gasteiger partial charge in [0, 0.05) is 9.79 Å². The van der Waals surface area contributed by atoms with E-state index in [9.17, 15) is 17.3 Å². The lowest BCUT2D eigenvalue weighted by atomic mass is 10.3. The molecule has 1 rings (SSSR count). The number of aryl methyl sites for hydroxylation is 2. The molecule has 0 aliphatic carbocycles. The second-order valence-corrected chi connectivity index (χ2v) is 3.81. The number of nitrogens with zero attached hydrogens (tertiary/aromatic N) is 4. The van der Waals surface area contributed by atoms with Crippen LogP contribution in [-0.2, 0) is 6.54 Å². The smallest absolute Gasteiger partial charge is 0.418 e. The van der Waals surface area contributed by atoms with E-state index in [1.807, 2.05) is 24.6 Å². The van der Waals surface area contributed by atoms with Crippen molar-refractivity contribution in [2.75, 3.05) is 0 Å². The van der Waals surface area contributed by atoms with Crippen molar-refractivity contribution >= 4 is 23.7 Å². The molecule has 0 aliphatic rings. The first-order valence-electron chi connectivity index (χ1n) is 4.20. The topological polar surface area (TPSA) is 52.6 Å². The minimum atomic E-state index is -6.00. The molecular formula is C6H9BF4N4S. The van der Waals surface area contributed by atoms with Gasteiger partial charge in [0.05, 0.1) is 6.54 Å². The van der Waals surface area contributed by atoms with E-state index in [4.69, 9.17) is 5.53 Å². The van der Waals surface area contributed by atoms with Crippen molar-refractivity contribution in [3.8, 4) is 0 Å². The summed E-state index contributed by atoms with van der Waals surface area (Å²) in [5.74, 6) is 0. The van der Waals surface area contributed by atoms with Crippen LogP contribution < -0.4 is 4.57 Å². The first kappa shape index (κ1) is 14.7. The largest absolute Gasteiger partial charge is 0.673 e. The number of aromatic nitrogens is 1. The minimum absolute atomic E-state index is 0.729. The highest BCUT2D eigenvalue weighted by atomic mass is 32.1. The lowest BCUT2D eigenvalue weighted by molar-refractivity contribution is -0.676. The Labute approximate surface area is 93.3 Å². The van der Waals surface area contributed by atoms with Gasteiger partial charge in [-0.05, 0) is 24.5 Å². The normalized spacial score (nSPS) is 10.1. The molecule has 0 saturated heterocycles. The van der Waals surface area contributed by atoms with E-state index in [1.54, 1.807) is 0 Å². The molecule has 0 aromatic carbocycles. The molecule has 1 aromatic rings. The van der Waals surface area contributed by atoms with Crippen LogP contribution in [0.25, 0.3) is 10.4 Å². The summed E-state index contributed by atoms with van der Waals surface area (Å²) in [5, 5.41) is 4.29. The Morgan fingerprint density at radius 3 is 2.38 bits per heavy atom. The van der Waals surface area contributed by atoms with Crippen LogP contribution in [0, 0.1) is 6.92 Å². The quantitative estimate of drug-likeness (QED) is 0.194. The van der Waals surface area contributed by atoms with Crippen LogP contribution in [0.2, 0.25) is 0 Å². The van der Waals surface area contributed by atoms with Crippen molar-refractivity contribution in [2.45, 2.75) is 20.4 Å². The molecule has 0 spiro atoms. The fraction of sp³-hybridized carbons (Fsp3) is 0.500. The van der Waals surface area contributed by atoms with E-state index in [2.05, 4.69) is 10.0 Å². The monoisotopic (exact) mass is 256 g/mol. The van der Waals surface area contributed by atoms with Crippen molar-refractivity contribution in [1.82, 2.24) is 0 Å². The Bertz CT molecular complexity index is 378.